The van der Waals surface area contributed by atoms with Gasteiger partial charge in [0.25, 0.3) is 0 Å². The van der Waals surface area contributed by atoms with Gasteiger partial charge in [-0.05, 0) is 41.2 Å². The summed E-state index contributed by atoms with van der Waals surface area (Å²) in [6, 6.07) is 25.5. The summed E-state index contributed by atoms with van der Waals surface area (Å²) < 4.78 is 0. The van der Waals surface area contributed by atoms with Crippen molar-refractivity contribution in [3.63, 3.8) is 0 Å². The molecule has 1 saturated heterocycles. The molecular weight excluding hydrogens is 330 g/mol. The van der Waals surface area contributed by atoms with Crippen molar-refractivity contribution in [2.75, 3.05) is 11.9 Å². The SMILES string of the molecule is N#Cc1c(-c2ccccc2)cc(-c2ccccc2)c2c1NC1CCCN1C2. The number of benzene rings is 3. The molecule has 0 aliphatic carbocycles. The summed E-state index contributed by atoms with van der Waals surface area (Å²) in [6.45, 7) is 2.02. The summed E-state index contributed by atoms with van der Waals surface area (Å²) in [5, 5.41) is 13.7. The Balaban J connectivity index is 1.78. The molecule has 0 aromatic heterocycles. The van der Waals surface area contributed by atoms with Crippen LogP contribution in [0.4, 0.5) is 5.69 Å². The number of nitrogens with one attached hydrogen (secondary N) is 1. The molecule has 0 radical (unpaired) electrons. The van der Waals surface area contributed by atoms with Gasteiger partial charge in [-0.2, -0.15) is 5.26 Å². The molecule has 1 N–H and O–H groups in total. The van der Waals surface area contributed by atoms with Crippen LogP contribution in [-0.4, -0.2) is 17.6 Å². The van der Waals surface area contributed by atoms with Crippen molar-refractivity contribution in [2.45, 2.75) is 25.6 Å². The molecule has 0 bridgehead atoms. The molecule has 3 heteroatoms. The second-order valence-corrected chi connectivity index (χ2v) is 7.32. The topological polar surface area (TPSA) is 39.1 Å². The first-order valence-electron chi connectivity index (χ1n) is 9.56. The Kier molecular flexibility index (Phi) is 3.92. The number of hydrogen-bond donors (Lipinski definition) is 1. The summed E-state index contributed by atoms with van der Waals surface area (Å²) in [5.41, 5.74) is 7.56. The van der Waals surface area contributed by atoms with Crippen molar-refractivity contribution >= 4 is 5.69 Å². The third-order valence-corrected chi connectivity index (χ3v) is 5.75. The Morgan fingerprint density at radius 1 is 0.926 bits per heavy atom. The highest BCUT2D eigenvalue weighted by Gasteiger charge is 2.33. The molecule has 0 amide bonds. The average Bonchev–Trinajstić information content (AvgIpc) is 3.20. The zero-order valence-corrected chi connectivity index (χ0v) is 15.2. The Morgan fingerprint density at radius 3 is 2.26 bits per heavy atom. The highest BCUT2D eigenvalue weighted by Crippen LogP contribution is 2.43. The van der Waals surface area contributed by atoms with Crippen LogP contribution in [0.3, 0.4) is 0 Å². The number of nitriles is 1. The van der Waals surface area contributed by atoms with Crippen LogP contribution in [0.5, 0.6) is 0 Å². The maximum Gasteiger partial charge on any atom is 0.102 e. The minimum Gasteiger partial charge on any atom is -0.368 e. The molecule has 1 unspecified atom stereocenters. The molecule has 3 aromatic rings. The van der Waals surface area contributed by atoms with Crippen LogP contribution < -0.4 is 5.32 Å². The number of anilines is 1. The smallest absolute Gasteiger partial charge is 0.102 e. The zero-order valence-electron chi connectivity index (χ0n) is 15.2. The van der Waals surface area contributed by atoms with Crippen LogP contribution in [0.15, 0.2) is 66.7 Å². The van der Waals surface area contributed by atoms with E-state index in [1.165, 1.54) is 23.1 Å². The number of nitrogens with zero attached hydrogens (tertiary/aromatic N) is 2. The van der Waals surface area contributed by atoms with Gasteiger partial charge in [0.15, 0.2) is 0 Å². The molecule has 2 heterocycles. The second-order valence-electron chi connectivity index (χ2n) is 7.32. The third-order valence-electron chi connectivity index (χ3n) is 5.75. The normalized spacial score (nSPS) is 18.3. The predicted octanol–water partition coefficient (Wildman–Crippen LogP) is 5.24. The Hall–Kier alpha value is -3.09. The van der Waals surface area contributed by atoms with Crippen LogP contribution in [-0.2, 0) is 6.54 Å². The molecule has 3 aromatic carbocycles. The Morgan fingerprint density at radius 2 is 1.59 bits per heavy atom. The van der Waals surface area contributed by atoms with E-state index in [0.29, 0.717) is 6.17 Å². The number of fused-ring (bicyclic) bond motifs is 2. The quantitative estimate of drug-likeness (QED) is 0.686. The van der Waals surface area contributed by atoms with Crippen LogP contribution in [0.25, 0.3) is 22.3 Å². The van der Waals surface area contributed by atoms with Gasteiger partial charge in [-0.25, -0.2) is 0 Å². The summed E-state index contributed by atoms with van der Waals surface area (Å²) in [5.74, 6) is 0. The first-order chi connectivity index (χ1) is 13.3. The standard InChI is InChI=1S/C24H21N3/c25-15-21-19(17-8-3-1-4-9-17)14-20(18-10-5-2-6-11-18)22-16-27-13-7-12-23(27)26-24(21)22/h1-6,8-11,14,23,26H,7,12-13,16H2. The van der Waals surface area contributed by atoms with Crippen LogP contribution >= 0.6 is 0 Å². The lowest BCUT2D eigenvalue weighted by molar-refractivity contribution is 0.257. The highest BCUT2D eigenvalue weighted by atomic mass is 15.3. The molecular formula is C24H21N3. The van der Waals surface area contributed by atoms with Gasteiger partial charge in [-0.1, -0.05) is 60.7 Å². The van der Waals surface area contributed by atoms with Crippen molar-refractivity contribution in [1.29, 1.82) is 5.26 Å². The van der Waals surface area contributed by atoms with Crippen molar-refractivity contribution in [3.05, 3.63) is 77.9 Å². The van der Waals surface area contributed by atoms with E-state index in [-0.39, 0.29) is 0 Å². The Labute approximate surface area is 159 Å². The molecule has 2 aliphatic heterocycles. The molecule has 132 valence electrons. The van der Waals surface area contributed by atoms with Crippen molar-refractivity contribution in [1.82, 2.24) is 4.90 Å². The molecule has 0 saturated carbocycles. The van der Waals surface area contributed by atoms with Crippen molar-refractivity contribution in [2.24, 2.45) is 0 Å². The van der Waals surface area contributed by atoms with E-state index >= 15 is 0 Å². The van der Waals surface area contributed by atoms with E-state index in [1.807, 2.05) is 24.3 Å². The van der Waals surface area contributed by atoms with Gasteiger partial charge in [0, 0.05) is 18.7 Å². The summed E-state index contributed by atoms with van der Waals surface area (Å²) in [4.78, 5) is 2.50. The summed E-state index contributed by atoms with van der Waals surface area (Å²) in [7, 11) is 0. The van der Waals surface area contributed by atoms with Gasteiger partial charge in [0.2, 0.25) is 0 Å². The molecule has 1 atom stereocenters. The summed E-state index contributed by atoms with van der Waals surface area (Å²) >= 11 is 0. The highest BCUT2D eigenvalue weighted by molar-refractivity contribution is 5.88. The van der Waals surface area contributed by atoms with Crippen LogP contribution in [0.2, 0.25) is 0 Å². The second kappa shape index (κ2) is 6.57. The lowest BCUT2D eigenvalue weighted by atomic mass is 9.88. The van der Waals surface area contributed by atoms with E-state index < -0.39 is 0 Å². The van der Waals surface area contributed by atoms with Gasteiger partial charge in [0.1, 0.15) is 6.07 Å². The van der Waals surface area contributed by atoms with E-state index in [4.69, 9.17) is 0 Å². The van der Waals surface area contributed by atoms with E-state index in [0.717, 1.165) is 41.9 Å². The number of rotatable bonds is 2. The Bertz CT molecular complexity index is 1020. The molecule has 5 rings (SSSR count). The van der Waals surface area contributed by atoms with E-state index in [1.54, 1.807) is 0 Å². The fraction of sp³-hybridized carbons (Fsp3) is 0.208. The van der Waals surface area contributed by atoms with Gasteiger partial charge >= 0.3 is 0 Å². The lowest BCUT2D eigenvalue weighted by Crippen LogP contribution is -2.39. The van der Waals surface area contributed by atoms with Gasteiger partial charge in [-0.15, -0.1) is 0 Å². The van der Waals surface area contributed by atoms with Crippen molar-refractivity contribution < 1.29 is 0 Å². The molecule has 1 fully saturated rings. The van der Waals surface area contributed by atoms with Gasteiger partial charge in [0.05, 0.1) is 17.4 Å². The monoisotopic (exact) mass is 351 g/mol. The molecule has 0 spiro atoms. The van der Waals surface area contributed by atoms with Crippen molar-refractivity contribution in [3.8, 4) is 28.3 Å². The fourth-order valence-corrected chi connectivity index (χ4v) is 4.43. The first kappa shape index (κ1) is 16.1. The first-order valence-corrected chi connectivity index (χ1v) is 9.56. The predicted molar refractivity (Wildman–Crippen MR) is 109 cm³/mol. The summed E-state index contributed by atoms with van der Waals surface area (Å²) in [6.07, 6.45) is 2.69. The minimum atomic E-state index is 0.347. The average molecular weight is 351 g/mol. The minimum absolute atomic E-state index is 0.347. The van der Waals surface area contributed by atoms with Gasteiger partial charge in [-0.3, -0.25) is 4.90 Å². The largest absolute Gasteiger partial charge is 0.368 e. The molecule has 2 aliphatic rings. The zero-order chi connectivity index (χ0) is 18.2. The molecule has 3 nitrogen and oxygen atoms in total. The fourth-order valence-electron chi connectivity index (χ4n) is 4.43. The maximum atomic E-state index is 10.0. The van der Waals surface area contributed by atoms with E-state index in [2.05, 4.69) is 58.8 Å². The van der Waals surface area contributed by atoms with E-state index in [9.17, 15) is 5.26 Å². The number of hydrogen-bond acceptors (Lipinski definition) is 3. The lowest BCUT2D eigenvalue weighted by Gasteiger charge is -2.35. The molecule has 27 heavy (non-hydrogen) atoms. The van der Waals surface area contributed by atoms with Crippen LogP contribution in [0.1, 0.15) is 24.0 Å². The third kappa shape index (κ3) is 2.70. The maximum absolute atomic E-state index is 10.0. The van der Waals surface area contributed by atoms with Gasteiger partial charge < -0.3 is 5.32 Å². The van der Waals surface area contributed by atoms with Crippen LogP contribution in [0, 0.1) is 11.3 Å².